The van der Waals surface area contributed by atoms with Gasteiger partial charge in [0.1, 0.15) is 6.04 Å². The van der Waals surface area contributed by atoms with E-state index in [1.54, 1.807) is 26.0 Å². The zero-order valence-electron chi connectivity index (χ0n) is 16.4. The van der Waals surface area contributed by atoms with Crippen LogP contribution in [-0.4, -0.2) is 33.9 Å². The number of rotatable bonds is 6. The van der Waals surface area contributed by atoms with Crippen LogP contribution in [0.25, 0.3) is 0 Å². The number of anilines is 2. The van der Waals surface area contributed by atoms with Gasteiger partial charge in [-0.3, -0.25) is 14.5 Å². The van der Waals surface area contributed by atoms with E-state index in [0.29, 0.717) is 12.1 Å². The van der Waals surface area contributed by atoms with Crippen molar-refractivity contribution in [3.05, 3.63) is 52.1 Å². The zero-order chi connectivity index (χ0) is 21.1. The number of fused-ring (bicyclic) bond motifs is 1. The molecule has 1 aromatic heterocycles. The Morgan fingerprint density at radius 1 is 1.28 bits per heavy atom. The summed E-state index contributed by atoms with van der Waals surface area (Å²) in [5.41, 5.74) is 1.73. The fraction of sp³-hybridized carbons (Fsp3) is 0.350. The summed E-state index contributed by atoms with van der Waals surface area (Å²) in [5, 5.41) is 13.9. The van der Waals surface area contributed by atoms with Gasteiger partial charge < -0.3 is 20.2 Å². The number of hydrogen-bond acceptors (Lipinski definition) is 6. The lowest BCUT2D eigenvalue weighted by Gasteiger charge is -2.33. The molecular formula is C20H22N4O5. The standard InChI is InChI=1S/C20H22N4O5/c1-4-13-6-8-14(9-7-13)21-19(25)12(3)23-18-16(29-15(5-2)20(23)26)10-11-17(22-18)24(27)28/h6-12,15H,4-5H2,1-3H3,(H,21,25). The van der Waals surface area contributed by atoms with Gasteiger partial charge in [-0.2, -0.15) is 0 Å². The first-order valence-electron chi connectivity index (χ1n) is 9.40. The molecule has 1 N–H and O–H groups in total. The van der Waals surface area contributed by atoms with Gasteiger partial charge in [-0.25, -0.2) is 0 Å². The van der Waals surface area contributed by atoms with Crippen molar-refractivity contribution in [1.29, 1.82) is 0 Å². The fourth-order valence-electron chi connectivity index (χ4n) is 3.08. The van der Waals surface area contributed by atoms with Crippen LogP contribution in [0.3, 0.4) is 0 Å². The lowest BCUT2D eigenvalue weighted by atomic mass is 10.1. The van der Waals surface area contributed by atoms with E-state index in [1.165, 1.54) is 17.0 Å². The van der Waals surface area contributed by atoms with E-state index in [1.807, 2.05) is 19.1 Å². The van der Waals surface area contributed by atoms with E-state index in [0.717, 1.165) is 12.0 Å². The van der Waals surface area contributed by atoms with Crippen molar-refractivity contribution in [3.63, 3.8) is 0 Å². The minimum absolute atomic E-state index is 0.0297. The molecule has 152 valence electrons. The van der Waals surface area contributed by atoms with E-state index >= 15 is 0 Å². The topological polar surface area (TPSA) is 115 Å². The molecule has 9 nitrogen and oxygen atoms in total. The monoisotopic (exact) mass is 398 g/mol. The molecule has 2 atom stereocenters. The number of amides is 2. The first-order valence-corrected chi connectivity index (χ1v) is 9.40. The average molecular weight is 398 g/mol. The largest absolute Gasteiger partial charge is 0.474 e. The number of nitrogens with zero attached hydrogens (tertiary/aromatic N) is 3. The minimum Gasteiger partial charge on any atom is -0.474 e. The number of hydrogen-bond donors (Lipinski definition) is 1. The second-order valence-electron chi connectivity index (χ2n) is 6.69. The van der Waals surface area contributed by atoms with Crippen LogP contribution >= 0.6 is 0 Å². The van der Waals surface area contributed by atoms with Gasteiger partial charge in [-0.1, -0.05) is 26.0 Å². The smallest absolute Gasteiger partial charge is 0.366 e. The van der Waals surface area contributed by atoms with Gasteiger partial charge >= 0.3 is 5.82 Å². The van der Waals surface area contributed by atoms with Gasteiger partial charge in [0.05, 0.1) is 0 Å². The highest BCUT2D eigenvalue weighted by Gasteiger charge is 2.42. The third-order valence-corrected chi connectivity index (χ3v) is 4.79. The molecule has 0 fully saturated rings. The average Bonchev–Trinajstić information content (AvgIpc) is 2.72. The number of aromatic nitrogens is 1. The quantitative estimate of drug-likeness (QED) is 0.591. The number of carbonyl (C=O) groups excluding carboxylic acids is 2. The number of nitro groups is 1. The fourth-order valence-corrected chi connectivity index (χ4v) is 3.08. The van der Waals surface area contributed by atoms with E-state index < -0.39 is 34.7 Å². The third kappa shape index (κ3) is 4.03. The highest BCUT2D eigenvalue weighted by molar-refractivity contribution is 6.07. The summed E-state index contributed by atoms with van der Waals surface area (Å²) in [6.07, 6.45) is 0.482. The summed E-state index contributed by atoms with van der Waals surface area (Å²) >= 11 is 0. The first-order chi connectivity index (χ1) is 13.8. The van der Waals surface area contributed by atoms with Gasteiger partial charge in [0.15, 0.2) is 11.9 Å². The normalized spacial score (nSPS) is 16.6. The van der Waals surface area contributed by atoms with Crippen LogP contribution in [0.4, 0.5) is 17.3 Å². The van der Waals surface area contributed by atoms with Crippen molar-refractivity contribution >= 4 is 29.1 Å². The van der Waals surface area contributed by atoms with Crippen molar-refractivity contribution in [2.45, 2.75) is 45.8 Å². The van der Waals surface area contributed by atoms with Crippen LogP contribution in [0, 0.1) is 10.1 Å². The Balaban J connectivity index is 1.91. The Hall–Kier alpha value is -3.49. The van der Waals surface area contributed by atoms with Crippen molar-refractivity contribution in [3.8, 4) is 5.75 Å². The minimum atomic E-state index is -0.945. The lowest BCUT2D eigenvalue weighted by molar-refractivity contribution is -0.389. The van der Waals surface area contributed by atoms with Crippen LogP contribution in [0.5, 0.6) is 5.75 Å². The number of carbonyl (C=O) groups is 2. The molecule has 1 aliphatic heterocycles. The molecule has 0 radical (unpaired) electrons. The molecule has 2 amide bonds. The molecule has 0 spiro atoms. The molecule has 0 saturated carbocycles. The Bertz CT molecular complexity index is 944. The van der Waals surface area contributed by atoms with Crippen molar-refractivity contribution < 1.29 is 19.2 Å². The van der Waals surface area contributed by atoms with Crippen molar-refractivity contribution in [2.24, 2.45) is 0 Å². The van der Waals surface area contributed by atoms with E-state index in [-0.39, 0.29) is 11.6 Å². The Kier molecular flexibility index (Phi) is 5.76. The molecule has 2 aromatic rings. The van der Waals surface area contributed by atoms with Crippen LogP contribution in [0.2, 0.25) is 0 Å². The number of ether oxygens (including phenoxy) is 1. The van der Waals surface area contributed by atoms with E-state index in [2.05, 4.69) is 10.3 Å². The molecule has 2 heterocycles. The molecule has 2 unspecified atom stereocenters. The van der Waals surface area contributed by atoms with Gasteiger partial charge in [0.25, 0.3) is 11.7 Å². The van der Waals surface area contributed by atoms with Gasteiger partial charge in [0.2, 0.25) is 5.91 Å². The number of benzene rings is 1. The lowest BCUT2D eigenvalue weighted by Crippen LogP contribution is -2.53. The SMILES string of the molecule is CCc1ccc(NC(=O)C(C)N2C(=O)C(CC)Oc3ccc([N+](=O)[O-])nc32)cc1. The predicted octanol–water partition coefficient (Wildman–Crippen LogP) is 3.08. The Morgan fingerprint density at radius 2 is 1.97 bits per heavy atom. The van der Waals surface area contributed by atoms with Gasteiger partial charge in [-0.15, -0.1) is 0 Å². The molecule has 1 aromatic carbocycles. The maximum Gasteiger partial charge on any atom is 0.366 e. The summed E-state index contributed by atoms with van der Waals surface area (Å²) in [5.74, 6) is -1.12. The Labute approximate surface area is 167 Å². The molecule has 3 rings (SSSR count). The van der Waals surface area contributed by atoms with Crippen molar-refractivity contribution in [2.75, 3.05) is 10.2 Å². The molecule has 0 saturated heterocycles. The number of pyridine rings is 1. The summed E-state index contributed by atoms with van der Waals surface area (Å²) in [6.45, 7) is 5.37. The first kappa shape index (κ1) is 20.2. The second-order valence-corrected chi connectivity index (χ2v) is 6.69. The molecule has 0 aliphatic carbocycles. The van der Waals surface area contributed by atoms with Crippen LogP contribution in [-0.2, 0) is 16.0 Å². The molecule has 0 bridgehead atoms. The highest BCUT2D eigenvalue weighted by atomic mass is 16.6. The van der Waals surface area contributed by atoms with Crippen molar-refractivity contribution in [1.82, 2.24) is 4.98 Å². The maximum atomic E-state index is 12.9. The highest BCUT2D eigenvalue weighted by Crippen LogP contribution is 2.36. The Morgan fingerprint density at radius 3 is 2.55 bits per heavy atom. The van der Waals surface area contributed by atoms with E-state index in [4.69, 9.17) is 4.74 Å². The summed E-state index contributed by atoms with van der Waals surface area (Å²) in [7, 11) is 0. The van der Waals surface area contributed by atoms with Crippen LogP contribution in [0.15, 0.2) is 36.4 Å². The molecule has 1 aliphatic rings. The maximum absolute atomic E-state index is 12.9. The third-order valence-electron chi connectivity index (χ3n) is 4.79. The van der Waals surface area contributed by atoms with Gasteiger partial charge in [-0.05, 0) is 53.4 Å². The van der Waals surface area contributed by atoms with Gasteiger partial charge in [0, 0.05) is 11.8 Å². The molecule has 29 heavy (non-hydrogen) atoms. The zero-order valence-corrected chi connectivity index (χ0v) is 16.4. The second kappa shape index (κ2) is 8.26. The summed E-state index contributed by atoms with van der Waals surface area (Å²) < 4.78 is 5.62. The number of aryl methyl sites for hydroxylation is 1. The predicted molar refractivity (Wildman–Crippen MR) is 107 cm³/mol. The van der Waals surface area contributed by atoms with E-state index in [9.17, 15) is 19.7 Å². The summed E-state index contributed by atoms with van der Waals surface area (Å²) in [6, 6.07) is 9.06. The van der Waals surface area contributed by atoms with Crippen LogP contribution < -0.4 is 15.0 Å². The van der Waals surface area contributed by atoms with Crippen LogP contribution in [0.1, 0.15) is 32.8 Å². The molecular weight excluding hydrogens is 376 g/mol. The summed E-state index contributed by atoms with van der Waals surface area (Å²) in [4.78, 5) is 41.3. The molecule has 9 heteroatoms. The number of nitrogens with one attached hydrogen (secondary N) is 1.